The Balaban J connectivity index is 2.46. The first-order valence-corrected chi connectivity index (χ1v) is 6.40. The van der Waals surface area contributed by atoms with Crippen LogP contribution in [0.5, 0.6) is 5.75 Å². The monoisotopic (exact) mass is 283 g/mol. The van der Waals surface area contributed by atoms with Crippen molar-refractivity contribution in [3.8, 4) is 5.75 Å². The van der Waals surface area contributed by atoms with Gasteiger partial charge in [-0.3, -0.25) is 15.0 Å². The minimum Gasteiger partial charge on any atom is -0.493 e. The molecule has 7 heteroatoms. The molecular formula is C13H18FN3O3. The fraction of sp³-hybridized carbons (Fsp3) is 0.538. The van der Waals surface area contributed by atoms with Gasteiger partial charge in [0.05, 0.1) is 18.1 Å². The quantitative estimate of drug-likeness (QED) is 0.671. The van der Waals surface area contributed by atoms with E-state index in [1.807, 2.05) is 11.9 Å². The topological polar surface area (TPSA) is 81.6 Å². The van der Waals surface area contributed by atoms with Gasteiger partial charge in [-0.25, -0.2) is 4.39 Å². The van der Waals surface area contributed by atoms with E-state index in [0.717, 1.165) is 19.0 Å². The van der Waals surface area contributed by atoms with Crippen molar-refractivity contribution in [1.82, 2.24) is 4.90 Å². The normalized spacial score (nSPS) is 23.0. The highest BCUT2D eigenvalue weighted by molar-refractivity contribution is 5.47. The van der Waals surface area contributed by atoms with Crippen molar-refractivity contribution >= 4 is 5.69 Å². The Kier molecular flexibility index (Phi) is 4.20. The van der Waals surface area contributed by atoms with Crippen LogP contribution in [-0.4, -0.2) is 37.1 Å². The Morgan fingerprint density at radius 3 is 2.80 bits per heavy atom. The van der Waals surface area contributed by atoms with Gasteiger partial charge in [0.2, 0.25) is 0 Å². The van der Waals surface area contributed by atoms with Crippen LogP contribution in [0.25, 0.3) is 0 Å². The molecule has 1 aliphatic rings. The average molecular weight is 283 g/mol. The van der Waals surface area contributed by atoms with Crippen LogP contribution in [0.1, 0.15) is 18.0 Å². The SMILES string of the molecule is COc1c(F)cc([N+](=O)[O-])cc1C1CC(CN)CN1C. The summed E-state index contributed by atoms with van der Waals surface area (Å²) < 4.78 is 19.0. The second-order valence-electron chi connectivity index (χ2n) is 5.10. The maximum Gasteiger partial charge on any atom is 0.272 e. The summed E-state index contributed by atoms with van der Waals surface area (Å²) in [6.45, 7) is 1.33. The maximum atomic E-state index is 14.0. The lowest BCUT2D eigenvalue weighted by Gasteiger charge is -2.21. The zero-order valence-electron chi connectivity index (χ0n) is 11.5. The van der Waals surface area contributed by atoms with E-state index in [1.54, 1.807) is 0 Å². The van der Waals surface area contributed by atoms with Gasteiger partial charge in [-0.2, -0.15) is 0 Å². The van der Waals surface area contributed by atoms with E-state index >= 15 is 0 Å². The van der Waals surface area contributed by atoms with Crippen molar-refractivity contribution in [2.75, 3.05) is 27.2 Å². The van der Waals surface area contributed by atoms with Crippen molar-refractivity contribution in [2.45, 2.75) is 12.5 Å². The minimum atomic E-state index is -0.707. The molecule has 0 amide bonds. The minimum absolute atomic E-state index is 0.0742. The predicted octanol–water partition coefficient (Wildman–Crippen LogP) is 1.69. The molecule has 20 heavy (non-hydrogen) atoms. The van der Waals surface area contributed by atoms with E-state index in [1.165, 1.54) is 13.2 Å². The third kappa shape index (κ3) is 2.59. The van der Waals surface area contributed by atoms with E-state index in [0.29, 0.717) is 18.0 Å². The van der Waals surface area contributed by atoms with E-state index in [-0.39, 0.29) is 17.5 Å². The fourth-order valence-electron chi connectivity index (χ4n) is 2.81. The van der Waals surface area contributed by atoms with Gasteiger partial charge in [-0.15, -0.1) is 0 Å². The lowest BCUT2D eigenvalue weighted by Crippen LogP contribution is -2.21. The lowest BCUT2D eigenvalue weighted by molar-refractivity contribution is -0.385. The first-order chi connectivity index (χ1) is 9.47. The van der Waals surface area contributed by atoms with Gasteiger partial charge < -0.3 is 10.5 Å². The second kappa shape index (κ2) is 5.72. The standard InChI is InChI=1S/C13H18FN3O3/c1-16-7-8(6-15)3-12(16)10-4-9(17(18)19)5-11(14)13(10)20-2/h4-5,8,12H,3,6-7,15H2,1-2H3. The molecule has 2 atom stereocenters. The highest BCUT2D eigenvalue weighted by Crippen LogP contribution is 2.41. The summed E-state index contributed by atoms with van der Waals surface area (Å²) in [6.07, 6.45) is 0.740. The van der Waals surface area contributed by atoms with Crippen molar-refractivity contribution in [1.29, 1.82) is 0 Å². The number of benzene rings is 1. The van der Waals surface area contributed by atoms with Crippen LogP contribution in [0.15, 0.2) is 12.1 Å². The molecule has 2 unspecified atom stereocenters. The van der Waals surface area contributed by atoms with Gasteiger partial charge in [-0.05, 0) is 25.9 Å². The van der Waals surface area contributed by atoms with E-state index < -0.39 is 10.7 Å². The molecule has 1 aromatic carbocycles. The number of non-ortho nitro benzene ring substituents is 1. The van der Waals surface area contributed by atoms with Crippen LogP contribution in [0.4, 0.5) is 10.1 Å². The first-order valence-electron chi connectivity index (χ1n) is 6.40. The molecule has 1 aromatic rings. The van der Waals surface area contributed by atoms with Gasteiger partial charge in [0, 0.05) is 24.2 Å². The third-order valence-corrected chi connectivity index (χ3v) is 3.80. The number of halogens is 1. The molecule has 110 valence electrons. The van der Waals surface area contributed by atoms with E-state index in [2.05, 4.69) is 0 Å². The molecule has 1 fully saturated rings. The van der Waals surface area contributed by atoms with Gasteiger partial charge in [0.15, 0.2) is 11.6 Å². The van der Waals surface area contributed by atoms with Crippen molar-refractivity contribution in [3.05, 3.63) is 33.6 Å². The molecule has 0 saturated carbocycles. The zero-order chi connectivity index (χ0) is 14.9. The summed E-state index contributed by atoms with van der Waals surface area (Å²) >= 11 is 0. The number of hydrogen-bond donors (Lipinski definition) is 1. The Morgan fingerprint density at radius 2 is 2.30 bits per heavy atom. The summed E-state index contributed by atoms with van der Waals surface area (Å²) in [4.78, 5) is 12.3. The molecule has 2 rings (SSSR count). The molecule has 0 aromatic heterocycles. The Labute approximate surface area is 116 Å². The predicted molar refractivity (Wildman–Crippen MR) is 72.1 cm³/mol. The Hall–Kier alpha value is -1.73. The van der Waals surface area contributed by atoms with Gasteiger partial charge in [0.1, 0.15) is 0 Å². The number of nitrogens with zero attached hydrogens (tertiary/aromatic N) is 2. The van der Waals surface area contributed by atoms with E-state index in [9.17, 15) is 14.5 Å². The summed E-state index contributed by atoms with van der Waals surface area (Å²) in [7, 11) is 3.26. The summed E-state index contributed by atoms with van der Waals surface area (Å²) in [5, 5.41) is 10.9. The van der Waals surface area contributed by atoms with Gasteiger partial charge in [-0.1, -0.05) is 0 Å². The summed E-state index contributed by atoms with van der Waals surface area (Å²) in [6, 6.07) is 2.16. The fourth-order valence-corrected chi connectivity index (χ4v) is 2.81. The van der Waals surface area contributed by atoms with Crippen LogP contribution in [-0.2, 0) is 0 Å². The number of nitro benzene ring substituents is 1. The van der Waals surface area contributed by atoms with Crippen molar-refractivity contribution in [3.63, 3.8) is 0 Å². The molecule has 1 aliphatic heterocycles. The summed E-state index contributed by atoms with van der Waals surface area (Å²) in [5.74, 6) is -0.330. The van der Waals surface area contributed by atoms with Crippen molar-refractivity contribution < 1.29 is 14.1 Å². The molecule has 0 aliphatic carbocycles. The van der Waals surface area contributed by atoms with Crippen LogP contribution in [0, 0.1) is 21.8 Å². The smallest absolute Gasteiger partial charge is 0.272 e. The van der Waals surface area contributed by atoms with E-state index in [4.69, 9.17) is 10.5 Å². The molecule has 1 saturated heterocycles. The molecular weight excluding hydrogens is 265 g/mol. The number of nitro groups is 1. The van der Waals surface area contributed by atoms with Gasteiger partial charge in [0.25, 0.3) is 5.69 Å². The number of methoxy groups -OCH3 is 1. The molecule has 6 nitrogen and oxygen atoms in total. The Morgan fingerprint density at radius 1 is 1.60 bits per heavy atom. The zero-order valence-corrected chi connectivity index (χ0v) is 11.5. The largest absolute Gasteiger partial charge is 0.493 e. The first kappa shape index (κ1) is 14.7. The highest BCUT2D eigenvalue weighted by atomic mass is 19.1. The van der Waals surface area contributed by atoms with Crippen LogP contribution < -0.4 is 10.5 Å². The lowest BCUT2D eigenvalue weighted by atomic mass is 9.98. The number of likely N-dealkylation sites (tertiary alicyclic amines) is 1. The average Bonchev–Trinajstić information content (AvgIpc) is 2.78. The van der Waals surface area contributed by atoms with Crippen LogP contribution in [0.2, 0.25) is 0 Å². The summed E-state index contributed by atoms with van der Waals surface area (Å²) in [5.41, 5.74) is 5.93. The van der Waals surface area contributed by atoms with Crippen molar-refractivity contribution in [2.24, 2.45) is 11.7 Å². The molecule has 0 bridgehead atoms. The maximum absolute atomic E-state index is 14.0. The number of hydrogen-bond acceptors (Lipinski definition) is 5. The molecule has 0 spiro atoms. The van der Waals surface area contributed by atoms with Crippen LogP contribution in [0.3, 0.4) is 0 Å². The molecule has 1 heterocycles. The number of nitrogens with two attached hydrogens (primary N) is 1. The highest BCUT2D eigenvalue weighted by Gasteiger charge is 2.33. The third-order valence-electron chi connectivity index (χ3n) is 3.80. The second-order valence-corrected chi connectivity index (χ2v) is 5.10. The molecule has 2 N–H and O–H groups in total. The van der Waals surface area contributed by atoms with Crippen LogP contribution >= 0.6 is 0 Å². The Bertz CT molecular complexity index is 524. The number of ether oxygens (including phenoxy) is 1. The van der Waals surface area contributed by atoms with Gasteiger partial charge >= 0.3 is 0 Å². The molecule has 0 radical (unpaired) electrons. The number of rotatable bonds is 4.